The molecular formula is C14H21N5O2. The minimum Gasteiger partial charge on any atom is -0.373 e. The van der Waals surface area contributed by atoms with Gasteiger partial charge in [-0.15, -0.1) is 0 Å². The van der Waals surface area contributed by atoms with Crippen LogP contribution in [-0.2, 0) is 9.59 Å². The molecule has 0 saturated carbocycles. The molecule has 1 aromatic heterocycles. The van der Waals surface area contributed by atoms with Crippen molar-refractivity contribution in [1.82, 2.24) is 15.3 Å². The second-order valence-corrected chi connectivity index (χ2v) is 5.33. The summed E-state index contributed by atoms with van der Waals surface area (Å²) in [6.45, 7) is 6.12. The summed E-state index contributed by atoms with van der Waals surface area (Å²) in [7, 11) is 1.80. The van der Waals surface area contributed by atoms with Crippen LogP contribution in [0.3, 0.4) is 0 Å². The molecule has 1 aromatic rings. The number of piperazine rings is 1. The molecule has 1 aliphatic heterocycles. The van der Waals surface area contributed by atoms with Crippen LogP contribution in [-0.4, -0.2) is 41.4 Å². The van der Waals surface area contributed by atoms with Gasteiger partial charge in [-0.2, -0.15) is 0 Å². The molecule has 0 aliphatic carbocycles. The maximum Gasteiger partial charge on any atom is 0.249 e. The van der Waals surface area contributed by atoms with Gasteiger partial charge >= 0.3 is 0 Å². The van der Waals surface area contributed by atoms with Crippen LogP contribution in [0.1, 0.15) is 38.7 Å². The second-order valence-electron chi connectivity index (χ2n) is 5.33. The average Bonchev–Trinajstić information content (AvgIpc) is 2.45. The standard InChI is InChI=1S/C14H21N5O2/c1-5-9-14(21)18-10(20)6-19(9)13-11(8(2)3)12(15-4)16-7-17-13/h7-9H,5-6H2,1-4H3,(H,15,16,17)(H,18,20,21). The number of imide groups is 1. The summed E-state index contributed by atoms with van der Waals surface area (Å²) in [5, 5.41) is 5.43. The summed E-state index contributed by atoms with van der Waals surface area (Å²) in [6, 6.07) is -0.389. The van der Waals surface area contributed by atoms with E-state index in [9.17, 15) is 9.59 Å². The third kappa shape index (κ3) is 2.81. The van der Waals surface area contributed by atoms with Crippen molar-refractivity contribution in [3.05, 3.63) is 11.9 Å². The molecule has 0 radical (unpaired) electrons. The monoisotopic (exact) mass is 291 g/mol. The molecule has 7 nitrogen and oxygen atoms in total. The minimum atomic E-state index is -0.389. The van der Waals surface area contributed by atoms with E-state index in [0.29, 0.717) is 12.2 Å². The van der Waals surface area contributed by atoms with Gasteiger partial charge in [-0.05, 0) is 12.3 Å². The van der Waals surface area contributed by atoms with E-state index in [1.807, 2.05) is 20.8 Å². The predicted molar refractivity (Wildman–Crippen MR) is 80.2 cm³/mol. The molecule has 1 fully saturated rings. The third-order valence-corrected chi connectivity index (χ3v) is 3.59. The molecule has 1 aliphatic rings. The van der Waals surface area contributed by atoms with Gasteiger partial charge < -0.3 is 10.2 Å². The Labute approximate surface area is 124 Å². The molecule has 2 amide bonds. The molecule has 0 aromatic carbocycles. The largest absolute Gasteiger partial charge is 0.373 e. The Kier molecular flexibility index (Phi) is 4.40. The van der Waals surface area contributed by atoms with Gasteiger partial charge in [0.2, 0.25) is 11.8 Å². The molecule has 1 atom stereocenters. The number of carbonyl (C=O) groups is 2. The van der Waals surface area contributed by atoms with Crippen molar-refractivity contribution in [1.29, 1.82) is 0 Å². The maximum absolute atomic E-state index is 12.0. The Balaban J connectivity index is 2.53. The van der Waals surface area contributed by atoms with Crippen molar-refractivity contribution >= 4 is 23.5 Å². The predicted octanol–water partition coefficient (Wildman–Crippen LogP) is 0.883. The maximum atomic E-state index is 12.0. The summed E-state index contributed by atoms with van der Waals surface area (Å²) in [5.41, 5.74) is 0.918. The van der Waals surface area contributed by atoms with E-state index < -0.39 is 0 Å². The van der Waals surface area contributed by atoms with Crippen LogP contribution in [0.25, 0.3) is 0 Å². The highest BCUT2D eigenvalue weighted by Gasteiger charge is 2.35. The Hall–Kier alpha value is -2.18. The van der Waals surface area contributed by atoms with Gasteiger partial charge in [0.25, 0.3) is 0 Å². The van der Waals surface area contributed by atoms with Gasteiger partial charge in [0.15, 0.2) is 0 Å². The molecule has 0 bridgehead atoms. The number of carbonyl (C=O) groups excluding carboxylic acids is 2. The molecular weight excluding hydrogens is 270 g/mol. The quantitative estimate of drug-likeness (QED) is 0.801. The first kappa shape index (κ1) is 15.2. The van der Waals surface area contributed by atoms with Crippen molar-refractivity contribution in [2.45, 2.75) is 39.2 Å². The number of hydrogen-bond donors (Lipinski definition) is 2. The number of hydrogen-bond acceptors (Lipinski definition) is 6. The minimum absolute atomic E-state index is 0.129. The number of rotatable bonds is 4. The second kappa shape index (κ2) is 6.07. The van der Waals surface area contributed by atoms with E-state index in [1.54, 1.807) is 11.9 Å². The summed E-state index contributed by atoms with van der Waals surface area (Å²) >= 11 is 0. The zero-order valence-corrected chi connectivity index (χ0v) is 12.8. The molecule has 114 valence electrons. The molecule has 2 heterocycles. The van der Waals surface area contributed by atoms with E-state index in [-0.39, 0.29) is 30.3 Å². The Morgan fingerprint density at radius 1 is 1.43 bits per heavy atom. The first-order valence-electron chi connectivity index (χ1n) is 7.12. The summed E-state index contributed by atoms with van der Waals surface area (Å²) < 4.78 is 0. The van der Waals surface area contributed by atoms with E-state index >= 15 is 0 Å². The fraction of sp³-hybridized carbons (Fsp3) is 0.571. The van der Waals surface area contributed by atoms with Crippen molar-refractivity contribution in [2.75, 3.05) is 23.8 Å². The lowest BCUT2D eigenvalue weighted by atomic mass is 10.0. The number of nitrogens with one attached hydrogen (secondary N) is 2. The number of aromatic nitrogens is 2. The lowest BCUT2D eigenvalue weighted by Crippen LogP contribution is -2.58. The third-order valence-electron chi connectivity index (χ3n) is 3.59. The van der Waals surface area contributed by atoms with E-state index in [1.165, 1.54) is 6.33 Å². The first-order chi connectivity index (χ1) is 9.99. The Morgan fingerprint density at radius 2 is 2.14 bits per heavy atom. The fourth-order valence-electron chi connectivity index (χ4n) is 2.64. The SMILES string of the molecule is CCC1C(=O)NC(=O)CN1c1ncnc(NC)c1C(C)C. The topological polar surface area (TPSA) is 87.2 Å². The van der Waals surface area contributed by atoms with E-state index in [2.05, 4.69) is 20.6 Å². The smallest absolute Gasteiger partial charge is 0.249 e. The summed E-state index contributed by atoms with van der Waals surface area (Å²) in [4.78, 5) is 34.1. The van der Waals surface area contributed by atoms with Gasteiger partial charge in [0.05, 0.1) is 6.54 Å². The zero-order valence-electron chi connectivity index (χ0n) is 12.8. The van der Waals surface area contributed by atoms with Gasteiger partial charge in [0.1, 0.15) is 24.0 Å². The highest BCUT2D eigenvalue weighted by Crippen LogP contribution is 2.32. The fourth-order valence-corrected chi connectivity index (χ4v) is 2.64. The number of nitrogens with zero attached hydrogens (tertiary/aromatic N) is 3. The molecule has 2 rings (SSSR count). The molecule has 7 heteroatoms. The van der Waals surface area contributed by atoms with Gasteiger partial charge in [-0.3, -0.25) is 14.9 Å². The molecule has 2 N–H and O–H groups in total. The normalized spacial score (nSPS) is 18.9. The highest BCUT2D eigenvalue weighted by atomic mass is 16.2. The van der Waals surface area contributed by atoms with Crippen LogP contribution < -0.4 is 15.5 Å². The Bertz CT molecular complexity index is 558. The molecule has 1 saturated heterocycles. The molecule has 1 unspecified atom stereocenters. The average molecular weight is 291 g/mol. The zero-order chi connectivity index (χ0) is 15.6. The Morgan fingerprint density at radius 3 is 2.71 bits per heavy atom. The van der Waals surface area contributed by atoms with E-state index in [0.717, 1.165) is 11.4 Å². The first-order valence-corrected chi connectivity index (χ1v) is 7.12. The molecule has 0 spiro atoms. The van der Waals surface area contributed by atoms with Crippen LogP contribution >= 0.6 is 0 Å². The van der Waals surface area contributed by atoms with Crippen molar-refractivity contribution in [3.8, 4) is 0 Å². The van der Waals surface area contributed by atoms with Gasteiger partial charge in [-0.25, -0.2) is 9.97 Å². The van der Waals surface area contributed by atoms with Crippen LogP contribution in [0.2, 0.25) is 0 Å². The van der Waals surface area contributed by atoms with Gasteiger partial charge in [0, 0.05) is 12.6 Å². The number of anilines is 2. The highest BCUT2D eigenvalue weighted by molar-refractivity contribution is 6.04. The van der Waals surface area contributed by atoms with Crippen LogP contribution in [0.15, 0.2) is 6.33 Å². The lowest BCUT2D eigenvalue weighted by Gasteiger charge is -2.36. The number of amides is 2. The van der Waals surface area contributed by atoms with Crippen LogP contribution in [0.5, 0.6) is 0 Å². The van der Waals surface area contributed by atoms with Crippen molar-refractivity contribution in [2.24, 2.45) is 0 Å². The van der Waals surface area contributed by atoms with E-state index in [4.69, 9.17) is 0 Å². The van der Waals surface area contributed by atoms with Crippen molar-refractivity contribution < 1.29 is 9.59 Å². The van der Waals surface area contributed by atoms with Gasteiger partial charge in [-0.1, -0.05) is 20.8 Å². The van der Waals surface area contributed by atoms with Crippen LogP contribution in [0, 0.1) is 0 Å². The summed E-state index contributed by atoms with van der Waals surface area (Å²) in [5.74, 6) is 0.973. The van der Waals surface area contributed by atoms with Crippen molar-refractivity contribution in [3.63, 3.8) is 0 Å². The van der Waals surface area contributed by atoms with Crippen LogP contribution in [0.4, 0.5) is 11.6 Å². The lowest BCUT2D eigenvalue weighted by molar-refractivity contribution is -0.132. The summed E-state index contributed by atoms with van der Waals surface area (Å²) in [6.07, 6.45) is 2.06. The molecule has 21 heavy (non-hydrogen) atoms.